The molecule has 6 nitrogen and oxygen atoms in total. The van der Waals surface area contributed by atoms with Gasteiger partial charge in [-0.25, -0.2) is 5.48 Å². The Morgan fingerprint density at radius 2 is 1.63 bits per heavy atom. The number of carbonyl (C=O) groups excluding carboxylic acids is 3. The number of benzene rings is 1. The van der Waals surface area contributed by atoms with Crippen LogP contribution in [0.3, 0.4) is 0 Å². The molecule has 0 saturated carbocycles. The lowest BCUT2D eigenvalue weighted by molar-refractivity contribution is -0.140. The van der Waals surface area contributed by atoms with Crippen LogP contribution in [0.2, 0.25) is 0 Å². The van der Waals surface area contributed by atoms with Gasteiger partial charge in [0, 0.05) is 5.75 Å². The molecule has 1 aromatic carbocycles. The lowest BCUT2D eigenvalue weighted by atomic mass is 9.84. The highest BCUT2D eigenvalue weighted by Gasteiger charge is 2.35. The summed E-state index contributed by atoms with van der Waals surface area (Å²) in [6.45, 7) is 9.41. The summed E-state index contributed by atoms with van der Waals surface area (Å²) < 4.78 is 1.03. The molecule has 1 aromatic heterocycles. The van der Waals surface area contributed by atoms with E-state index in [-0.39, 0.29) is 17.6 Å². The molecule has 0 aliphatic carbocycles. The number of ketones is 1. The Morgan fingerprint density at radius 1 is 1.00 bits per heavy atom. The smallest absolute Gasteiger partial charge is 0.248 e. The lowest BCUT2D eigenvalue weighted by Crippen LogP contribution is -2.48. The first-order chi connectivity index (χ1) is 16.8. The maximum atomic E-state index is 13.3. The molecule has 3 N–H and O–H groups in total. The number of thioether (sulfide) groups is 1. The van der Waals surface area contributed by atoms with Crippen LogP contribution in [-0.2, 0) is 20.8 Å². The van der Waals surface area contributed by atoms with Gasteiger partial charge in [0.05, 0.1) is 22.1 Å². The third-order valence-electron chi connectivity index (χ3n) is 4.98. The minimum absolute atomic E-state index is 0.142. The van der Waals surface area contributed by atoms with E-state index in [4.69, 9.17) is 0 Å². The van der Waals surface area contributed by atoms with Crippen molar-refractivity contribution >= 4 is 40.7 Å². The van der Waals surface area contributed by atoms with Crippen LogP contribution in [0.4, 0.5) is 0 Å². The van der Waals surface area contributed by atoms with Crippen molar-refractivity contribution < 1.29 is 19.6 Å². The Hall–Kier alpha value is -2.60. The number of hydrogen-bond acceptors (Lipinski definition) is 6. The van der Waals surface area contributed by atoms with Crippen molar-refractivity contribution in [3.63, 3.8) is 0 Å². The molecule has 0 aliphatic heterocycles. The van der Waals surface area contributed by atoms with Gasteiger partial charge < -0.3 is 5.32 Å². The van der Waals surface area contributed by atoms with E-state index in [0.717, 1.165) is 9.77 Å². The van der Waals surface area contributed by atoms with E-state index in [1.54, 1.807) is 16.8 Å². The molecule has 2 unspecified atom stereocenters. The van der Waals surface area contributed by atoms with Gasteiger partial charge in [0.2, 0.25) is 11.8 Å². The zero-order valence-electron chi connectivity index (χ0n) is 21.2. The molecule has 2 aromatic rings. The molecule has 8 heteroatoms. The number of terminal acetylenes is 1. The predicted octanol–water partition coefficient (Wildman–Crippen LogP) is 5.22. The summed E-state index contributed by atoms with van der Waals surface area (Å²) in [6, 6.07) is 12.7. The van der Waals surface area contributed by atoms with Crippen LogP contribution >= 0.6 is 23.1 Å². The van der Waals surface area contributed by atoms with E-state index in [1.165, 1.54) is 18.7 Å². The van der Waals surface area contributed by atoms with Gasteiger partial charge in [-0.15, -0.1) is 35.9 Å². The van der Waals surface area contributed by atoms with Crippen LogP contribution in [0.5, 0.6) is 0 Å². The fourth-order valence-electron chi connectivity index (χ4n) is 3.36. The Kier molecular flexibility index (Phi) is 17.3. The molecule has 192 valence electrons. The topological polar surface area (TPSA) is 95.5 Å². The molecule has 0 aliphatic rings. The van der Waals surface area contributed by atoms with Crippen LogP contribution in [0.1, 0.15) is 46.6 Å². The summed E-state index contributed by atoms with van der Waals surface area (Å²) >= 11 is 3.04. The Labute approximate surface area is 218 Å². The van der Waals surface area contributed by atoms with Gasteiger partial charge in [0.1, 0.15) is 0 Å². The minimum atomic E-state index is -0.733. The average Bonchev–Trinajstić information content (AvgIpc) is 3.39. The van der Waals surface area contributed by atoms with Crippen LogP contribution in [-0.4, -0.2) is 34.6 Å². The van der Waals surface area contributed by atoms with Crippen molar-refractivity contribution in [1.29, 1.82) is 0 Å². The van der Waals surface area contributed by atoms with Crippen LogP contribution in [0.15, 0.2) is 52.1 Å². The van der Waals surface area contributed by atoms with Gasteiger partial charge in [-0.1, -0.05) is 64.1 Å². The van der Waals surface area contributed by atoms with E-state index in [1.807, 2.05) is 75.5 Å². The second-order valence-electron chi connectivity index (χ2n) is 7.92. The minimum Gasteiger partial charge on any atom is -0.346 e. The summed E-state index contributed by atoms with van der Waals surface area (Å²) in [5, 5.41) is 14.1. The Balaban J connectivity index is 0.00000274. The molecule has 3 atom stereocenters. The SMILES string of the molecule is C#C.CC.CC(=O)[C@H](Cc1ccccc1)NC(=O)C(CC(C)C)C(CSc1cccs1)C(=O)NO. The standard InChI is InChI=1S/C23H30N2O4S2.C2H6.C2H2/c1-15(2)12-18(19(23(28)25-29)14-31-21-10-7-11-30-21)22(27)24-20(16(3)26)13-17-8-5-4-6-9-17;2*1-2/h4-11,15,18-20,29H,12-14H2,1-3H3,(H,24,27)(H,25,28);1-2H3;1-2H/t18?,19?,20-;;/m0../s1. The fourth-order valence-corrected chi connectivity index (χ4v) is 5.36. The first kappa shape index (κ1) is 32.4. The van der Waals surface area contributed by atoms with Gasteiger partial charge in [-0.2, -0.15) is 0 Å². The normalized spacial score (nSPS) is 12.6. The summed E-state index contributed by atoms with van der Waals surface area (Å²) in [4.78, 5) is 38.0. The van der Waals surface area contributed by atoms with Crippen molar-refractivity contribution in [3.05, 3.63) is 53.4 Å². The largest absolute Gasteiger partial charge is 0.346 e. The first-order valence-electron chi connectivity index (χ1n) is 11.6. The monoisotopic (exact) mass is 518 g/mol. The molecule has 35 heavy (non-hydrogen) atoms. The number of hydrogen-bond donors (Lipinski definition) is 3. The van der Waals surface area contributed by atoms with E-state index >= 15 is 0 Å². The fraction of sp³-hybridized carbons (Fsp3) is 0.444. The molecule has 0 saturated heterocycles. The third kappa shape index (κ3) is 12.1. The van der Waals surface area contributed by atoms with E-state index in [2.05, 4.69) is 18.2 Å². The molecule has 0 fully saturated rings. The van der Waals surface area contributed by atoms with Gasteiger partial charge in [-0.05, 0) is 42.7 Å². The predicted molar refractivity (Wildman–Crippen MR) is 145 cm³/mol. The molecule has 2 amide bonds. The molecule has 1 heterocycles. The molecule has 0 spiro atoms. The average molecular weight is 519 g/mol. The number of hydroxylamine groups is 1. The number of carbonyl (C=O) groups is 3. The number of thiophene rings is 1. The summed E-state index contributed by atoms with van der Waals surface area (Å²) in [7, 11) is 0. The third-order valence-corrected chi connectivity index (χ3v) is 7.24. The van der Waals surface area contributed by atoms with Gasteiger partial charge >= 0.3 is 0 Å². The van der Waals surface area contributed by atoms with Gasteiger partial charge in [0.15, 0.2) is 5.78 Å². The molecule has 0 bridgehead atoms. The summed E-state index contributed by atoms with van der Waals surface area (Å²) in [5.74, 6) is -1.97. The summed E-state index contributed by atoms with van der Waals surface area (Å²) in [6.07, 6.45) is 8.85. The first-order valence-corrected chi connectivity index (χ1v) is 13.5. The Morgan fingerprint density at radius 3 is 2.11 bits per heavy atom. The van der Waals surface area contributed by atoms with Crippen LogP contribution in [0, 0.1) is 30.6 Å². The summed E-state index contributed by atoms with van der Waals surface area (Å²) in [5.41, 5.74) is 2.67. The molecule has 2 rings (SSSR count). The van der Waals surface area contributed by atoms with Crippen LogP contribution < -0.4 is 10.8 Å². The van der Waals surface area contributed by atoms with Crippen molar-refractivity contribution in [2.45, 2.75) is 57.7 Å². The number of Topliss-reactive ketones (excluding diaryl/α,β-unsaturated/α-hetero) is 1. The van der Waals surface area contributed by atoms with Gasteiger partial charge in [0.25, 0.3) is 0 Å². The Bertz CT molecular complexity index is 883. The maximum absolute atomic E-state index is 13.3. The van der Waals surface area contributed by atoms with Crippen molar-refractivity contribution in [2.75, 3.05) is 5.75 Å². The highest BCUT2D eigenvalue weighted by atomic mass is 32.2. The lowest BCUT2D eigenvalue weighted by Gasteiger charge is -2.28. The molecule has 0 radical (unpaired) electrons. The van der Waals surface area contributed by atoms with Gasteiger partial charge in [-0.3, -0.25) is 19.6 Å². The maximum Gasteiger partial charge on any atom is 0.248 e. The number of amides is 2. The van der Waals surface area contributed by atoms with Crippen molar-refractivity contribution in [3.8, 4) is 12.8 Å². The zero-order valence-corrected chi connectivity index (χ0v) is 22.8. The molecular weight excluding hydrogens is 480 g/mol. The van der Waals surface area contributed by atoms with Crippen molar-refractivity contribution in [1.82, 2.24) is 10.8 Å². The van der Waals surface area contributed by atoms with Crippen molar-refractivity contribution in [2.24, 2.45) is 17.8 Å². The van der Waals surface area contributed by atoms with Crippen LogP contribution in [0.25, 0.3) is 0 Å². The second-order valence-corrected chi connectivity index (χ2v) is 10.2. The number of rotatable bonds is 12. The molecular formula is C27H38N2O4S2. The second kappa shape index (κ2) is 18.7. The highest BCUT2D eigenvalue weighted by molar-refractivity contribution is 8.01. The number of nitrogens with one attached hydrogen (secondary N) is 2. The van der Waals surface area contributed by atoms with E-state index in [9.17, 15) is 19.6 Å². The highest BCUT2D eigenvalue weighted by Crippen LogP contribution is 2.31. The van der Waals surface area contributed by atoms with E-state index < -0.39 is 23.8 Å². The zero-order chi connectivity index (χ0) is 26.8. The quantitative estimate of drug-likeness (QED) is 0.155. The van der Waals surface area contributed by atoms with E-state index in [0.29, 0.717) is 18.6 Å².